The van der Waals surface area contributed by atoms with Crippen LogP contribution in [-0.2, 0) is 13.1 Å². The van der Waals surface area contributed by atoms with Crippen molar-refractivity contribution in [3.63, 3.8) is 0 Å². The van der Waals surface area contributed by atoms with E-state index in [0.29, 0.717) is 12.0 Å². The zero-order valence-electron chi connectivity index (χ0n) is 13.9. The molecule has 124 valence electrons. The van der Waals surface area contributed by atoms with Gasteiger partial charge in [0.1, 0.15) is 0 Å². The Morgan fingerprint density at radius 1 is 0.958 bits per heavy atom. The van der Waals surface area contributed by atoms with Crippen molar-refractivity contribution >= 4 is 11.6 Å². The number of piperidine rings is 1. The van der Waals surface area contributed by atoms with Crippen LogP contribution in [0.2, 0.25) is 0 Å². The van der Waals surface area contributed by atoms with Gasteiger partial charge < -0.3 is 10.6 Å². The number of nitrogens with two attached hydrogens (primary N) is 1. The predicted molar refractivity (Wildman–Crippen MR) is 98.0 cm³/mol. The number of fused-ring (bicyclic) bond motifs is 1. The predicted octanol–water partition coefficient (Wildman–Crippen LogP) is 3.11. The highest BCUT2D eigenvalue weighted by molar-refractivity contribution is 5.83. The second kappa shape index (κ2) is 6.65. The van der Waals surface area contributed by atoms with E-state index in [-0.39, 0.29) is 0 Å². The van der Waals surface area contributed by atoms with Gasteiger partial charge in [0.15, 0.2) is 5.96 Å². The fourth-order valence-corrected chi connectivity index (χ4v) is 3.75. The lowest BCUT2D eigenvalue weighted by atomic mass is 10.0. The Morgan fingerprint density at radius 2 is 1.67 bits per heavy atom. The number of hydrogen-bond acceptors (Lipinski definition) is 4. The lowest BCUT2D eigenvalue weighted by Crippen LogP contribution is -2.50. The molecule has 4 heteroatoms. The van der Waals surface area contributed by atoms with E-state index in [4.69, 9.17) is 5.73 Å². The smallest absolute Gasteiger partial charge is 0.197 e. The van der Waals surface area contributed by atoms with E-state index in [9.17, 15) is 0 Å². The number of likely N-dealkylation sites (tertiary alicyclic amines) is 1. The quantitative estimate of drug-likeness (QED) is 0.945. The maximum Gasteiger partial charge on any atom is 0.197 e. The van der Waals surface area contributed by atoms with Gasteiger partial charge in [-0.1, -0.05) is 48.5 Å². The van der Waals surface area contributed by atoms with Crippen molar-refractivity contribution in [1.29, 1.82) is 0 Å². The van der Waals surface area contributed by atoms with Crippen LogP contribution in [0.1, 0.15) is 24.0 Å². The minimum Gasteiger partial charge on any atom is -0.369 e. The normalized spacial score (nSPS) is 19.0. The van der Waals surface area contributed by atoms with Crippen molar-refractivity contribution in [2.24, 2.45) is 10.7 Å². The number of rotatable bonds is 3. The van der Waals surface area contributed by atoms with Gasteiger partial charge in [0.25, 0.3) is 0 Å². The molecule has 1 saturated heterocycles. The van der Waals surface area contributed by atoms with E-state index in [2.05, 4.69) is 57.3 Å². The van der Waals surface area contributed by atoms with E-state index in [1.807, 2.05) is 12.1 Å². The van der Waals surface area contributed by atoms with Gasteiger partial charge in [-0.3, -0.25) is 4.90 Å². The summed E-state index contributed by atoms with van der Waals surface area (Å²) in [6.45, 7) is 4.16. The lowest BCUT2D eigenvalue weighted by molar-refractivity contribution is 0.143. The molecule has 0 radical (unpaired) electrons. The molecule has 0 aliphatic carbocycles. The van der Waals surface area contributed by atoms with Gasteiger partial charge in [0.2, 0.25) is 0 Å². The highest BCUT2D eigenvalue weighted by atomic mass is 15.3. The molecule has 4 rings (SSSR count). The molecular weight excluding hydrogens is 296 g/mol. The van der Waals surface area contributed by atoms with Crippen LogP contribution in [-0.4, -0.2) is 34.9 Å². The van der Waals surface area contributed by atoms with Crippen molar-refractivity contribution in [2.75, 3.05) is 13.1 Å². The van der Waals surface area contributed by atoms with Gasteiger partial charge in [-0.15, -0.1) is 0 Å². The summed E-state index contributed by atoms with van der Waals surface area (Å²) in [4.78, 5) is 9.43. The molecule has 2 aromatic carbocycles. The van der Waals surface area contributed by atoms with E-state index in [1.165, 1.54) is 11.1 Å². The van der Waals surface area contributed by atoms with Crippen LogP contribution in [0.4, 0.5) is 5.69 Å². The molecule has 2 aliphatic rings. The highest BCUT2D eigenvalue weighted by Gasteiger charge is 2.28. The van der Waals surface area contributed by atoms with Crippen molar-refractivity contribution in [3.8, 4) is 0 Å². The second-order valence-electron chi connectivity index (χ2n) is 6.72. The van der Waals surface area contributed by atoms with Gasteiger partial charge in [-0.05, 0) is 30.0 Å². The van der Waals surface area contributed by atoms with Gasteiger partial charge in [0.05, 0.1) is 5.69 Å². The number of aliphatic imine (C=N–C) groups is 1. The number of hydrogen-bond donors (Lipinski definition) is 1. The molecule has 0 atom stereocenters. The fourth-order valence-electron chi connectivity index (χ4n) is 3.75. The number of para-hydroxylation sites is 1. The largest absolute Gasteiger partial charge is 0.369 e. The molecule has 0 amide bonds. The Kier molecular flexibility index (Phi) is 4.22. The molecule has 1 fully saturated rings. The van der Waals surface area contributed by atoms with Crippen LogP contribution in [0.15, 0.2) is 59.6 Å². The second-order valence-corrected chi connectivity index (χ2v) is 6.72. The molecule has 2 N–H and O–H groups in total. The monoisotopic (exact) mass is 320 g/mol. The summed E-state index contributed by atoms with van der Waals surface area (Å²) < 4.78 is 0. The molecule has 0 spiro atoms. The van der Waals surface area contributed by atoms with E-state index in [0.717, 1.165) is 44.7 Å². The molecule has 0 aromatic heterocycles. The third-order valence-electron chi connectivity index (χ3n) is 5.11. The van der Waals surface area contributed by atoms with Crippen LogP contribution in [0, 0.1) is 0 Å². The Morgan fingerprint density at radius 3 is 2.46 bits per heavy atom. The van der Waals surface area contributed by atoms with Gasteiger partial charge in [0, 0.05) is 32.2 Å². The lowest BCUT2D eigenvalue weighted by Gasteiger charge is -2.40. The number of nitrogens with zero attached hydrogens (tertiary/aromatic N) is 3. The SMILES string of the molecule is NC1=Nc2ccccc2CN1C1CCN(Cc2ccccc2)CC1. The van der Waals surface area contributed by atoms with Gasteiger partial charge in [-0.2, -0.15) is 0 Å². The van der Waals surface area contributed by atoms with Crippen molar-refractivity contribution < 1.29 is 0 Å². The molecule has 24 heavy (non-hydrogen) atoms. The van der Waals surface area contributed by atoms with Crippen LogP contribution < -0.4 is 5.73 Å². The van der Waals surface area contributed by atoms with Crippen molar-refractivity contribution in [2.45, 2.75) is 32.0 Å². The highest BCUT2D eigenvalue weighted by Crippen LogP contribution is 2.28. The third-order valence-corrected chi connectivity index (χ3v) is 5.11. The summed E-state index contributed by atoms with van der Waals surface area (Å²) in [5.41, 5.74) is 9.94. The summed E-state index contributed by atoms with van der Waals surface area (Å²) in [5, 5.41) is 0. The zero-order chi connectivity index (χ0) is 16.4. The Labute approximate surface area is 143 Å². The van der Waals surface area contributed by atoms with Crippen LogP contribution in [0.25, 0.3) is 0 Å². The molecule has 2 aromatic rings. The number of benzene rings is 2. The van der Waals surface area contributed by atoms with E-state index < -0.39 is 0 Å². The molecule has 4 nitrogen and oxygen atoms in total. The maximum absolute atomic E-state index is 6.25. The third kappa shape index (κ3) is 3.15. The molecule has 0 bridgehead atoms. The minimum atomic E-state index is 0.495. The first-order valence-electron chi connectivity index (χ1n) is 8.74. The first-order valence-corrected chi connectivity index (χ1v) is 8.74. The van der Waals surface area contributed by atoms with Crippen molar-refractivity contribution in [3.05, 3.63) is 65.7 Å². The summed E-state index contributed by atoms with van der Waals surface area (Å²) >= 11 is 0. The Balaban J connectivity index is 1.38. The van der Waals surface area contributed by atoms with Crippen LogP contribution in [0.5, 0.6) is 0 Å². The van der Waals surface area contributed by atoms with E-state index >= 15 is 0 Å². The number of guanidine groups is 1. The Bertz CT molecular complexity index is 717. The Hall–Kier alpha value is -2.33. The fraction of sp³-hybridized carbons (Fsp3) is 0.350. The van der Waals surface area contributed by atoms with Gasteiger partial charge in [-0.25, -0.2) is 4.99 Å². The molecule has 2 aliphatic heterocycles. The van der Waals surface area contributed by atoms with Crippen molar-refractivity contribution in [1.82, 2.24) is 9.80 Å². The molecule has 0 saturated carbocycles. The standard InChI is InChI=1S/C20H24N4/c21-20-22-19-9-5-4-8-17(19)15-24(20)18-10-12-23(13-11-18)14-16-6-2-1-3-7-16/h1-9,18H,10-15H2,(H2,21,22). The molecule has 2 heterocycles. The average molecular weight is 320 g/mol. The van der Waals surface area contributed by atoms with E-state index in [1.54, 1.807) is 0 Å². The van der Waals surface area contributed by atoms with Crippen LogP contribution >= 0.6 is 0 Å². The summed E-state index contributed by atoms with van der Waals surface area (Å²) in [6, 6.07) is 19.5. The molecular formula is C20H24N4. The summed E-state index contributed by atoms with van der Waals surface area (Å²) in [5.74, 6) is 0.676. The first kappa shape index (κ1) is 15.2. The summed E-state index contributed by atoms with van der Waals surface area (Å²) in [7, 11) is 0. The first-order chi connectivity index (χ1) is 11.8. The topological polar surface area (TPSA) is 44.9 Å². The molecule has 0 unspecified atom stereocenters. The van der Waals surface area contributed by atoms with Gasteiger partial charge >= 0.3 is 0 Å². The average Bonchev–Trinajstić information content (AvgIpc) is 2.63. The maximum atomic E-state index is 6.25. The van der Waals surface area contributed by atoms with Crippen LogP contribution in [0.3, 0.4) is 0 Å². The zero-order valence-corrected chi connectivity index (χ0v) is 13.9. The summed E-state index contributed by atoms with van der Waals surface area (Å²) in [6.07, 6.45) is 2.29. The minimum absolute atomic E-state index is 0.495.